The molecule has 9 rings (SSSR count). The number of carbonyl (C=O) groups is 2. The van der Waals surface area contributed by atoms with E-state index in [2.05, 4.69) is 45.2 Å². The lowest BCUT2D eigenvalue weighted by atomic mass is 9.48. The van der Waals surface area contributed by atoms with Crippen LogP contribution in [0, 0.1) is 38.2 Å². The van der Waals surface area contributed by atoms with Crippen LogP contribution in [0.1, 0.15) is 56.6 Å². The van der Waals surface area contributed by atoms with Crippen LogP contribution in [0.5, 0.6) is 57.5 Å². The minimum absolute atomic E-state index is 0.118. The number of phenolic OH excluding ortho intramolecular Hbond substituents is 1. The molecule has 0 saturated heterocycles. The van der Waals surface area contributed by atoms with Crippen LogP contribution in [-0.4, -0.2) is 35.4 Å². The van der Waals surface area contributed by atoms with Crippen LogP contribution in [0.4, 0.5) is 13.6 Å². The summed E-state index contributed by atoms with van der Waals surface area (Å²) in [6.45, 7) is 4.16. The first-order valence-corrected chi connectivity index (χ1v) is 21.9. The summed E-state index contributed by atoms with van der Waals surface area (Å²) in [6.07, 6.45) is 2.44. The first-order valence-electron chi connectivity index (χ1n) is 19.8. The summed E-state index contributed by atoms with van der Waals surface area (Å²) in [6, 6.07) is 28.4. The van der Waals surface area contributed by atoms with Crippen LogP contribution in [0.15, 0.2) is 97.1 Å². The molecular formula is C47H42F2I2O10. The van der Waals surface area contributed by atoms with Crippen LogP contribution in [0.2, 0.25) is 0 Å². The normalized spacial score (nSPS) is 21.4. The Morgan fingerprint density at radius 1 is 0.656 bits per heavy atom. The van der Waals surface area contributed by atoms with Crippen molar-refractivity contribution in [3.8, 4) is 57.5 Å². The van der Waals surface area contributed by atoms with Gasteiger partial charge in [-0.25, -0.2) is 9.59 Å². The highest BCUT2D eigenvalue weighted by molar-refractivity contribution is 14.1. The minimum Gasteiger partial charge on any atom is -0.501 e. The Labute approximate surface area is 379 Å². The Balaban J connectivity index is 1.25. The van der Waals surface area contributed by atoms with E-state index in [1.165, 1.54) is 0 Å². The van der Waals surface area contributed by atoms with Crippen molar-refractivity contribution in [2.24, 2.45) is 17.3 Å². The van der Waals surface area contributed by atoms with Gasteiger partial charge in [-0.05, 0) is 182 Å². The molecule has 0 radical (unpaired) electrons. The van der Waals surface area contributed by atoms with Gasteiger partial charge < -0.3 is 38.3 Å². The van der Waals surface area contributed by atoms with Crippen molar-refractivity contribution in [1.29, 1.82) is 0 Å². The second kappa shape index (κ2) is 17.1. The van der Waals surface area contributed by atoms with Gasteiger partial charge in [-0.1, -0.05) is 35.4 Å². The van der Waals surface area contributed by atoms with Crippen LogP contribution in [-0.2, 0) is 14.3 Å². The van der Waals surface area contributed by atoms with E-state index in [9.17, 15) is 23.5 Å². The molecule has 5 aromatic carbocycles. The van der Waals surface area contributed by atoms with Crippen molar-refractivity contribution in [3.63, 3.8) is 0 Å². The van der Waals surface area contributed by atoms with Gasteiger partial charge in [0.15, 0.2) is 0 Å². The molecule has 0 aliphatic heterocycles. The number of alkyl halides is 2. The molecule has 4 aliphatic carbocycles. The first kappa shape index (κ1) is 42.8. The fraction of sp³-hybridized carbons (Fsp3) is 0.319. The summed E-state index contributed by atoms with van der Waals surface area (Å²) < 4.78 is 73.2. The SMILES string of the molecule is Cc1ccc(Oc2c(O)c(Oc3ccc(I)cc3)c(Oc3ccc(C)cc3)c(OC(=O)OC34CC5CC(CC(COC(=O)C(C)(F)F)(C5)C3)C4)c2Oc2ccc(I)cc2)cc1. The van der Waals surface area contributed by atoms with Gasteiger partial charge >= 0.3 is 18.0 Å². The van der Waals surface area contributed by atoms with Crippen molar-refractivity contribution in [3.05, 3.63) is 115 Å². The van der Waals surface area contributed by atoms with E-state index in [4.69, 9.17) is 33.2 Å². The van der Waals surface area contributed by atoms with E-state index >= 15 is 0 Å². The van der Waals surface area contributed by atoms with Gasteiger partial charge in [-0.3, -0.25) is 0 Å². The molecule has 5 aromatic rings. The largest absolute Gasteiger partial charge is 0.514 e. The number of hydrogen-bond donors (Lipinski definition) is 1. The number of esters is 1. The highest BCUT2D eigenvalue weighted by Gasteiger charge is 2.60. The Kier molecular flexibility index (Phi) is 12.0. The number of phenols is 1. The van der Waals surface area contributed by atoms with Gasteiger partial charge in [0.05, 0.1) is 6.61 Å². The smallest absolute Gasteiger partial charge is 0.501 e. The predicted molar refractivity (Wildman–Crippen MR) is 238 cm³/mol. The van der Waals surface area contributed by atoms with Crippen molar-refractivity contribution < 1.29 is 56.6 Å². The van der Waals surface area contributed by atoms with Crippen molar-refractivity contribution in [1.82, 2.24) is 0 Å². The molecule has 4 bridgehead atoms. The molecule has 4 aliphatic rings. The van der Waals surface area contributed by atoms with E-state index in [-0.39, 0.29) is 47.2 Å². The van der Waals surface area contributed by atoms with Crippen LogP contribution in [0.3, 0.4) is 0 Å². The summed E-state index contributed by atoms with van der Waals surface area (Å²) in [5, 5.41) is 12.3. The zero-order valence-electron chi connectivity index (χ0n) is 33.5. The topological polar surface area (TPSA) is 119 Å². The van der Waals surface area contributed by atoms with E-state index in [0.29, 0.717) is 62.0 Å². The quantitative estimate of drug-likeness (QED) is 0.0693. The predicted octanol–water partition coefficient (Wildman–Crippen LogP) is 13.4. The van der Waals surface area contributed by atoms with Gasteiger partial charge in [0.2, 0.25) is 34.5 Å². The number of ether oxygens (including phenoxy) is 7. The molecule has 14 heteroatoms. The van der Waals surface area contributed by atoms with Gasteiger partial charge in [-0.15, -0.1) is 0 Å². The maximum absolute atomic E-state index is 14.5. The lowest BCUT2D eigenvalue weighted by Gasteiger charge is -2.60. The third kappa shape index (κ3) is 9.79. The second-order valence-corrected chi connectivity index (χ2v) is 19.0. The molecule has 10 nitrogen and oxygen atoms in total. The zero-order valence-corrected chi connectivity index (χ0v) is 37.8. The molecule has 0 heterocycles. The average molecular weight is 1060 g/mol. The highest BCUT2D eigenvalue weighted by Crippen LogP contribution is 2.64. The Morgan fingerprint density at radius 3 is 1.49 bits per heavy atom. The third-order valence-electron chi connectivity index (χ3n) is 11.3. The summed E-state index contributed by atoms with van der Waals surface area (Å²) in [4.78, 5) is 26.7. The van der Waals surface area contributed by atoms with E-state index in [1.54, 1.807) is 48.5 Å². The Bertz CT molecular complexity index is 2280. The molecule has 4 saturated carbocycles. The molecule has 318 valence electrons. The number of rotatable bonds is 13. The lowest BCUT2D eigenvalue weighted by Crippen LogP contribution is -2.59. The van der Waals surface area contributed by atoms with Crippen LogP contribution >= 0.6 is 45.2 Å². The Morgan fingerprint density at radius 2 is 1.07 bits per heavy atom. The van der Waals surface area contributed by atoms with E-state index < -0.39 is 34.8 Å². The molecule has 61 heavy (non-hydrogen) atoms. The van der Waals surface area contributed by atoms with E-state index in [1.807, 2.05) is 62.4 Å². The number of carbonyl (C=O) groups excluding carboxylic acids is 2. The first-order chi connectivity index (χ1) is 29.0. The van der Waals surface area contributed by atoms with Gasteiger partial charge in [0, 0.05) is 19.5 Å². The maximum Gasteiger partial charge on any atom is 0.514 e. The summed E-state index contributed by atoms with van der Waals surface area (Å²) in [5.41, 5.74) is 0.250. The average Bonchev–Trinajstić information content (AvgIpc) is 3.20. The summed E-state index contributed by atoms with van der Waals surface area (Å²) >= 11 is 4.34. The minimum atomic E-state index is -3.63. The standard InChI is InChI=1S/C47H42F2I2O10/c1-27-4-12-33(13-5-27)56-38-37(52)39(57-35-16-8-31(50)9-17-35)40(58-34-14-6-28(2)7-15-34)42(41(38)59-36-18-10-32(51)11-19-36)60-44(54)61-47-23-29-20-30(24-47)22-46(21-29,25-47)26-55-43(53)45(3,48)49/h4-19,29-30,52H,20-26H2,1-3H3. The summed E-state index contributed by atoms with van der Waals surface area (Å²) in [7, 11) is 0. The van der Waals surface area contributed by atoms with Crippen molar-refractivity contribution in [2.45, 2.75) is 70.8 Å². The fourth-order valence-electron chi connectivity index (χ4n) is 9.06. The molecule has 4 fully saturated rings. The second-order valence-electron chi connectivity index (χ2n) is 16.5. The van der Waals surface area contributed by atoms with Gasteiger partial charge in [-0.2, -0.15) is 8.78 Å². The number of benzene rings is 5. The van der Waals surface area contributed by atoms with Crippen molar-refractivity contribution in [2.75, 3.05) is 6.61 Å². The zero-order chi connectivity index (χ0) is 43.1. The molecular weight excluding hydrogens is 1020 g/mol. The lowest BCUT2D eigenvalue weighted by molar-refractivity contribution is -0.199. The number of halogens is 4. The van der Waals surface area contributed by atoms with Gasteiger partial charge in [0.25, 0.3) is 0 Å². The van der Waals surface area contributed by atoms with Crippen LogP contribution in [0.25, 0.3) is 0 Å². The molecule has 0 amide bonds. The number of aromatic hydroxyl groups is 1. The third-order valence-corrected chi connectivity index (χ3v) is 12.7. The van der Waals surface area contributed by atoms with Crippen molar-refractivity contribution >= 4 is 57.3 Å². The fourth-order valence-corrected chi connectivity index (χ4v) is 9.78. The van der Waals surface area contributed by atoms with E-state index in [0.717, 1.165) is 24.7 Å². The maximum atomic E-state index is 14.5. The molecule has 0 aromatic heterocycles. The molecule has 2 unspecified atom stereocenters. The highest BCUT2D eigenvalue weighted by atomic mass is 127. The number of aryl methyl sites for hydroxylation is 2. The Hall–Kier alpha value is -4.84. The van der Waals surface area contributed by atoms with Crippen LogP contribution < -0.4 is 23.7 Å². The molecule has 0 spiro atoms. The molecule has 1 N–H and O–H groups in total. The monoisotopic (exact) mass is 1060 g/mol. The van der Waals surface area contributed by atoms with Gasteiger partial charge in [0.1, 0.15) is 28.6 Å². The molecule has 2 atom stereocenters. The number of hydrogen-bond acceptors (Lipinski definition) is 10. The summed E-state index contributed by atoms with van der Waals surface area (Å²) in [5.74, 6) is -5.46.